The van der Waals surface area contributed by atoms with Crippen LogP contribution in [-0.2, 0) is 11.3 Å². The van der Waals surface area contributed by atoms with Crippen molar-refractivity contribution in [3.8, 4) is 5.75 Å². The van der Waals surface area contributed by atoms with E-state index in [4.69, 9.17) is 9.47 Å². The predicted octanol–water partition coefficient (Wildman–Crippen LogP) is 2.57. The molecule has 1 amide bonds. The standard InChI is InChI=1S/C18H20N2O3/c21-18(20-12-15-4-1-2-10-19-15)14-6-8-16(9-7-14)23-13-17-5-3-11-22-17/h1-2,4,6-10,17H,3,5,11-13H2,(H,20,21). The number of carbonyl (C=O) groups is 1. The molecule has 1 saturated heterocycles. The van der Waals surface area contributed by atoms with Gasteiger partial charge in [0.15, 0.2) is 0 Å². The van der Waals surface area contributed by atoms with Crippen molar-refractivity contribution in [3.63, 3.8) is 0 Å². The van der Waals surface area contributed by atoms with E-state index in [0.29, 0.717) is 18.7 Å². The summed E-state index contributed by atoms with van der Waals surface area (Å²) in [4.78, 5) is 16.3. The summed E-state index contributed by atoms with van der Waals surface area (Å²) in [5, 5.41) is 2.85. The molecule has 1 N–H and O–H groups in total. The Morgan fingerprint density at radius 3 is 2.83 bits per heavy atom. The van der Waals surface area contributed by atoms with Gasteiger partial charge in [0.25, 0.3) is 5.91 Å². The molecule has 1 aliphatic heterocycles. The van der Waals surface area contributed by atoms with Crippen LogP contribution in [0.3, 0.4) is 0 Å². The summed E-state index contributed by atoms with van der Waals surface area (Å²) in [6.07, 6.45) is 4.05. The maximum atomic E-state index is 12.1. The highest BCUT2D eigenvalue weighted by molar-refractivity contribution is 5.94. The zero-order valence-electron chi connectivity index (χ0n) is 12.9. The number of hydrogen-bond donors (Lipinski definition) is 1. The van der Waals surface area contributed by atoms with Crippen LogP contribution in [0.15, 0.2) is 48.7 Å². The van der Waals surface area contributed by atoms with Crippen molar-refractivity contribution in [3.05, 3.63) is 59.9 Å². The van der Waals surface area contributed by atoms with E-state index in [1.54, 1.807) is 18.3 Å². The van der Waals surface area contributed by atoms with Crippen molar-refractivity contribution in [2.45, 2.75) is 25.5 Å². The third-order valence-corrected chi connectivity index (χ3v) is 3.73. The van der Waals surface area contributed by atoms with Crippen molar-refractivity contribution in [1.82, 2.24) is 10.3 Å². The molecule has 2 aromatic rings. The highest BCUT2D eigenvalue weighted by atomic mass is 16.5. The number of pyridine rings is 1. The Morgan fingerprint density at radius 1 is 1.26 bits per heavy atom. The number of hydrogen-bond acceptors (Lipinski definition) is 4. The Kier molecular flexibility index (Phi) is 5.21. The van der Waals surface area contributed by atoms with Gasteiger partial charge in [-0.2, -0.15) is 0 Å². The SMILES string of the molecule is O=C(NCc1ccccn1)c1ccc(OCC2CCCO2)cc1. The largest absolute Gasteiger partial charge is 0.491 e. The molecule has 1 aliphatic rings. The van der Waals surface area contributed by atoms with Crippen molar-refractivity contribution >= 4 is 5.91 Å². The van der Waals surface area contributed by atoms with Gasteiger partial charge in [-0.25, -0.2) is 0 Å². The van der Waals surface area contributed by atoms with Gasteiger partial charge in [0.1, 0.15) is 12.4 Å². The number of amides is 1. The first-order chi connectivity index (χ1) is 11.3. The molecule has 1 atom stereocenters. The molecule has 0 saturated carbocycles. The first-order valence-electron chi connectivity index (χ1n) is 7.84. The van der Waals surface area contributed by atoms with E-state index in [1.165, 1.54) is 0 Å². The van der Waals surface area contributed by atoms with Gasteiger partial charge >= 0.3 is 0 Å². The summed E-state index contributed by atoms with van der Waals surface area (Å²) in [6.45, 7) is 1.80. The monoisotopic (exact) mass is 312 g/mol. The van der Waals surface area contributed by atoms with Crippen molar-refractivity contribution < 1.29 is 14.3 Å². The molecule has 1 aromatic carbocycles. The molecule has 0 spiro atoms. The summed E-state index contributed by atoms with van der Waals surface area (Å²) < 4.78 is 11.2. The Labute approximate surface area is 135 Å². The van der Waals surface area contributed by atoms with Crippen LogP contribution < -0.4 is 10.1 Å². The molecule has 5 nitrogen and oxygen atoms in total. The van der Waals surface area contributed by atoms with E-state index in [1.807, 2.05) is 30.3 Å². The lowest BCUT2D eigenvalue weighted by atomic mass is 10.2. The highest BCUT2D eigenvalue weighted by Crippen LogP contribution is 2.16. The Hall–Kier alpha value is -2.40. The van der Waals surface area contributed by atoms with Gasteiger partial charge in [0.2, 0.25) is 0 Å². The normalized spacial score (nSPS) is 17.0. The van der Waals surface area contributed by atoms with Crippen molar-refractivity contribution in [2.24, 2.45) is 0 Å². The predicted molar refractivity (Wildman–Crippen MR) is 86.3 cm³/mol. The Balaban J connectivity index is 1.48. The molecule has 23 heavy (non-hydrogen) atoms. The van der Waals surface area contributed by atoms with Crippen LogP contribution >= 0.6 is 0 Å². The van der Waals surface area contributed by atoms with Crippen LogP contribution in [0.25, 0.3) is 0 Å². The molecule has 1 unspecified atom stereocenters. The third-order valence-electron chi connectivity index (χ3n) is 3.73. The molecular weight excluding hydrogens is 292 g/mol. The van der Waals surface area contributed by atoms with Crippen LogP contribution in [0.1, 0.15) is 28.9 Å². The van der Waals surface area contributed by atoms with E-state index in [-0.39, 0.29) is 12.0 Å². The van der Waals surface area contributed by atoms with E-state index in [2.05, 4.69) is 10.3 Å². The summed E-state index contributed by atoms with van der Waals surface area (Å²) >= 11 is 0. The molecule has 0 radical (unpaired) electrons. The number of nitrogens with one attached hydrogen (secondary N) is 1. The van der Waals surface area contributed by atoms with Crippen LogP contribution in [0, 0.1) is 0 Å². The number of carbonyl (C=O) groups excluding carboxylic acids is 1. The average Bonchev–Trinajstić information content (AvgIpc) is 3.13. The van der Waals surface area contributed by atoms with Crippen LogP contribution in [0.5, 0.6) is 5.75 Å². The number of aromatic nitrogens is 1. The maximum Gasteiger partial charge on any atom is 0.251 e. The zero-order valence-corrected chi connectivity index (χ0v) is 12.9. The highest BCUT2D eigenvalue weighted by Gasteiger charge is 2.16. The number of ether oxygens (including phenoxy) is 2. The fourth-order valence-corrected chi connectivity index (χ4v) is 2.44. The van der Waals surface area contributed by atoms with E-state index in [9.17, 15) is 4.79 Å². The Morgan fingerprint density at radius 2 is 2.13 bits per heavy atom. The first kappa shape index (κ1) is 15.5. The molecule has 5 heteroatoms. The Bertz CT molecular complexity index is 622. The lowest BCUT2D eigenvalue weighted by molar-refractivity contribution is 0.0679. The second kappa shape index (κ2) is 7.74. The van der Waals surface area contributed by atoms with Crippen LogP contribution in [0.4, 0.5) is 0 Å². The minimum absolute atomic E-state index is 0.124. The fourth-order valence-electron chi connectivity index (χ4n) is 2.44. The molecular formula is C18H20N2O3. The maximum absolute atomic E-state index is 12.1. The van der Waals surface area contributed by atoms with Crippen molar-refractivity contribution in [2.75, 3.05) is 13.2 Å². The second-order valence-corrected chi connectivity index (χ2v) is 5.47. The third kappa shape index (κ3) is 4.53. The lowest BCUT2D eigenvalue weighted by Crippen LogP contribution is -2.23. The van der Waals surface area contributed by atoms with Gasteiger partial charge in [0, 0.05) is 18.4 Å². The number of nitrogens with zero attached hydrogens (tertiary/aromatic N) is 1. The van der Waals surface area contributed by atoms with Gasteiger partial charge < -0.3 is 14.8 Å². The van der Waals surface area contributed by atoms with Crippen molar-refractivity contribution in [1.29, 1.82) is 0 Å². The number of benzene rings is 1. The minimum Gasteiger partial charge on any atom is -0.491 e. The number of rotatable bonds is 6. The molecule has 1 aromatic heterocycles. The summed E-state index contributed by atoms with van der Waals surface area (Å²) in [5.74, 6) is 0.628. The molecule has 1 fully saturated rings. The van der Waals surface area contributed by atoms with E-state index in [0.717, 1.165) is 30.9 Å². The molecule has 120 valence electrons. The van der Waals surface area contributed by atoms with Gasteiger partial charge in [-0.3, -0.25) is 9.78 Å². The average molecular weight is 312 g/mol. The fraction of sp³-hybridized carbons (Fsp3) is 0.333. The van der Waals surface area contributed by atoms with Gasteiger partial charge in [-0.1, -0.05) is 6.07 Å². The zero-order chi connectivity index (χ0) is 15.9. The topological polar surface area (TPSA) is 60.5 Å². The van der Waals surface area contributed by atoms with Gasteiger partial charge in [0.05, 0.1) is 18.3 Å². The van der Waals surface area contributed by atoms with Gasteiger partial charge in [-0.15, -0.1) is 0 Å². The van der Waals surface area contributed by atoms with Crippen LogP contribution in [-0.4, -0.2) is 30.2 Å². The van der Waals surface area contributed by atoms with E-state index >= 15 is 0 Å². The lowest BCUT2D eigenvalue weighted by Gasteiger charge is -2.11. The molecule has 2 heterocycles. The quantitative estimate of drug-likeness (QED) is 0.890. The summed E-state index contributed by atoms with van der Waals surface area (Å²) in [7, 11) is 0. The van der Waals surface area contributed by atoms with Gasteiger partial charge in [-0.05, 0) is 49.2 Å². The second-order valence-electron chi connectivity index (χ2n) is 5.47. The van der Waals surface area contributed by atoms with Crippen LogP contribution in [0.2, 0.25) is 0 Å². The molecule has 0 aliphatic carbocycles. The first-order valence-corrected chi connectivity index (χ1v) is 7.84. The van der Waals surface area contributed by atoms with E-state index < -0.39 is 0 Å². The minimum atomic E-state index is -0.124. The smallest absolute Gasteiger partial charge is 0.251 e. The summed E-state index contributed by atoms with van der Waals surface area (Å²) in [5.41, 5.74) is 1.43. The molecule has 0 bridgehead atoms. The molecule has 3 rings (SSSR count). The summed E-state index contributed by atoms with van der Waals surface area (Å²) in [6, 6.07) is 12.8.